The van der Waals surface area contributed by atoms with Crippen LogP contribution in [0.5, 0.6) is 0 Å². The third-order valence-electron chi connectivity index (χ3n) is 5.83. The molecular formula is C23H21F7O2. The van der Waals surface area contributed by atoms with E-state index in [1.807, 2.05) is 0 Å². The van der Waals surface area contributed by atoms with E-state index < -0.39 is 53.3 Å². The molecule has 2 nitrogen and oxygen atoms in total. The number of rotatable bonds is 5. The van der Waals surface area contributed by atoms with Gasteiger partial charge in [0.2, 0.25) is 0 Å². The highest BCUT2D eigenvalue weighted by Gasteiger charge is 2.42. The molecule has 9 heteroatoms. The Hall–Kier alpha value is -2.42. The van der Waals surface area contributed by atoms with Crippen LogP contribution in [0.15, 0.2) is 42.5 Å². The van der Waals surface area contributed by atoms with Crippen molar-refractivity contribution in [3.63, 3.8) is 0 Å². The molecule has 0 aromatic heterocycles. The van der Waals surface area contributed by atoms with Crippen LogP contribution in [0.4, 0.5) is 30.7 Å². The maximum Gasteiger partial charge on any atom is 0.416 e. The summed E-state index contributed by atoms with van der Waals surface area (Å²) in [4.78, 5) is 12.1. The van der Waals surface area contributed by atoms with Gasteiger partial charge in [-0.15, -0.1) is 0 Å². The number of hydrogen-bond acceptors (Lipinski definition) is 2. The van der Waals surface area contributed by atoms with Gasteiger partial charge in [-0.05, 0) is 68.1 Å². The molecule has 0 saturated heterocycles. The summed E-state index contributed by atoms with van der Waals surface area (Å²) in [6, 6.07) is 6.83. The lowest BCUT2D eigenvalue weighted by Gasteiger charge is -2.28. The lowest BCUT2D eigenvalue weighted by atomic mass is 9.85. The molecule has 2 aromatic rings. The van der Waals surface area contributed by atoms with E-state index in [1.54, 1.807) is 0 Å². The summed E-state index contributed by atoms with van der Waals surface area (Å²) in [5.74, 6) is -1.51. The second-order valence-electron chi connectivity index (χ2n) is 8.03. The Balaban J connectivity index is 1.93. The molecule has 1 saturated carbocycles. The molecule has 3 rings (SSSR count). The van der Waals surface area contributed by atoms with E-state index in [1.165, 1.54) is 38.1 Å². The first kappa shape index (κ1) is 24.2. The first-order valence-electron chi connectivity index (χ1n) is 9.98. The standard InChI is InChI=1S/C23H21F7O2/c1-12(31)19-7-8-20(21(19)14-3-5-18(24)6-4-14)32-13(2)15-9-16(22(25,26)27)11-17(10-15)23(28,29)30/h3-6,9-11,13,19-21H,7-8H2,1-2H3/t13-,19+,20+,21?/m1/s1. The molecule has 1 unspecified atom stereocenters. The first-order chi connectivity index (χ1) is 14.8. The highest BCUT2D eigenvalue weighted by atomic mass is 19.4. The third kappa shape index (κ3) is 5.31. The van der Waals surface area contributed by atoms with Gasteiger partial charge in [0.1, 0.15) is 11.6 Å². The molecule has 1 aliphatic rings. The molecule has 0 bridgehead atoms. The van der Waals surface area contributed by atoms with Crippen LogP contribution in [0, 0.1) is 11.7 Å². The molecule has 32 heavy (non-hydrogen) atoms. The zero-order chi connectivity index (χ0) is 23.8. The van der Waals surface area contributed by atoms with Crippen molar-refractivity contribution in [2.45, 2.75) is 57.2 Å². The molecule has 2 aromatic carbocycles. The number of halogens is 7. The maximum absolute atomic E-state index is 13.3. The van der Waals surface area contributed by atoms with Gasteiger partial charge in [0.25, 0.3) is 0 Å². The number of carbonyl (C=O) groups is 1. The van der Waals surface area contributed by atoms with Crippen molar-refractivity contribution in [2.24, 2.45) is 5.92 Å². The van der Waals surface area contributed by atoms with Crippen molar-refractivity contribution in [1.29, 1.82) is 0 Å². The SMILES string of the molecule is CC(=O)[C@@H]1CC[C@H](O[C@H](C)c2cc(C(F)(F)F)cc(C(F)(F)F)c2)C1c1ccc(F)cc1. The molecule has 1 aliphatic carbocycles. The van der Waals surface area contributed by atoms with Crippen LogP contribution in [0.2, 0.25) is 0 Å². The van der Waals surface area contributed by atoms with Crippen LogP contribution < -0.4 is 0 Å². The van der Waals surface area contributed by atoms with Crippen molar-refractivity contribution in [3.05, 3.63) is 70.5 Å². The molecule has 1 fully saturated rings. The van der Waals surface area contributed by atoms with Gasteiger partial charge in [-0.1, -0.05) is 12.1 Å². The van der Waals surface area contributed by atoms with Gasteiger partial charge >= 0.3 is 12.4 Å². The summed E-state index contributed by atoms with van der Waals surface area (Å²) in [7, 11) is 0. The second-order valence-corrected chi connectivity index (χ2v) is 8.03. The lowest BCUT2D eigenvalue weighted by Crippen LogP contribution is -2.25. The van der Waals surface area contributed by atoms with Crippen molar-refractivity contribution in [2.75, 3.05) is 0 Å². The van der Waals surface area contributed by atoms with E-state index >= 15 is 0 Å². The van der Waals surface area contributed by atoms with Gasteiger partial charge in [-0.3, -0.25) is 4.79 Å². The monoisotopic (exact) mass is 462 g/mol. The molecule has 0 spiro atoms. The van der Waals surface area contributed by atoms with Crippen molar-refractivity contribution < 1.29 is 40.3 Å². The maximum atomic E-state index is 13.3. The summed E-state index contributed by atoms with van der Waals surface area (Å²) in [5.41, 5.74) is -2.47. The Bertz CT molecular complexity index is 932. The number of ketones is 1. The Morgan fingerprint density at radius 2 is 1.47 bits per heavy atom. The largest absolute Gasteiger partial charge is 0.416 e. The first-order valence-corrected chi connectivity index (χ1v) is 9.98. The van der Waals surface area contributed by atoms with Crippen LogP contribution in [-0.2, 0) is 21.9 Å². The molecule has 0 N–H and O–H groups in total. The average Bonchev–Trinajstić information content (AvgIpc) is 3.10. The van der Waals surface area contributed by atoms with Crippen LogP contribution in [-0.4, -0.2) is 11.9 Å². The molecular weight excluding hydrogens is 441 g/mol. The Kier molecular flexibility index (Phi) is 6.70. The minimum absolute atomic E-state index is 0.0683. The minimum atomic E-state index is -4.96. The third-order valence-corrected chi connectivity index (χ3v) is 5.83. The fraction of sp³-hybridized carbons (Fsp3) is 0.435. The number of hydrogen-bond donors (Lipinski definition) is 0. The quantitative estimate of drug-likeness (QED) is 0.444. The van der Waals surface area contributed by atoms with Crippen molar-refractivity contribution >= 4 is 5.78 Å². The minimum Gasteiger partial charge on any atom is -0.370 e. The summed E-state index contributed by atoms with van der Waals surface area (Å²) in [6.45, 7) is 2.79. The van der Waals surface area contributed by atoms with Gasteiger partial charge in [0.05, 0.1) is 23.3 Å². The smallest absolute Gasteiger partial charge is 0.370 e. The summed E-state index contributed by atoms with van der Waals surface area (Å²) in [6.07, 6.45) is -10.8. The molecule has 0 radical (unpaired) electrons. The van der Waals surface area contributed by atoms with Crippen LogP contribution in [0.1, 0.15) is 61.0 Å². The predicted octanol–water partition coefficient (Wildman–Crippen LogP) is 7.09. The van der Waals surface area contributed by atoms with Gasteiger partial charge in [-0.2, -0.15) is 26.3 Å². The normalized spacial score (nSPS) is 22.7. The number of alkyl halides is 6. The van der Waals surface area contributed by atoms with E-state index in [0.29, 0.717) is 30.5 Å². The Morgan fingerprint density at radius 3 is 1.94 bits per heavy atom. The van der Waals surface area contributed by atoms with Crippen LogP contribution in [0.25, 0.3) is 0 Å². The van der Waals surface area contributed by atoms with Crippen molar-refractivity contribution in [3.8, 4) is 0 Å². The van der Waals surface area contributed by atoms with Gasteiger partial charge in [0, 0.05) is 11.8 Å². The molecule has 0 amide bonds. The van der Waals surface area contributed by atoms with Gasteiger partial charge < -0.3 is 4.74 Å². The molecule has 0 aliphatic heterocycles. The van der Waals surface area contributed by atoms with Crippen LogP contribution >= 0.6 is 0 Å². The van der Waals surface area contributed by atoms with Gasteiger partial charge in [-0.25, -0.2) is 4.39 Å². The Morgan fingerprint density at radius 1 is 0.938 bits per heavy atom. The number of benzene rings is 2. The molecule has 0 heterocycles. The number of ether oxygens (including phenoxy) is 1. The second kappa shape index (κ2) is 8.84. The highest BCUT2D eigenvalue weighted by Crippen LogP contribution is 2.45. The van der Waals surface area contributed by atoms with Crippen LogP contribution in [0.3, 0.4) is 0 Å². The van der Waals surface area contributed by atoms with E-state index in [2.05, 4.69) is 0 Å². The molecule has 174 valence electrons. The predicted molar refractivity (Wildman–Crippen MR) is 102 cm³/mol. The van der Waals surface area contributed by atoms with E-state index in [4.69, 9.17) is 4.74 Å². The van der Waals surface area contributed by atoms with E-state index in [0.717, 1.165) is 0 Å². The zero-order valence-corrected chi connectivity index (χ0v) is 17.2. The lowest BCUT2D eigenvalue weighted by molar-refractivity contribution is -0.143. The Labute approximate surface area is 180 Å². The summed E-state index contributed by atoms with van der Waals surface area (Å²) < 4.78 is 98.4. The fourth-order valence-corrected chi connectivity index (χ4v) is 4.26. The topological polar surface area (TPSA) is 26.3 Å². The summed E-state index contributed by atoms with van der Waals surface area (Å²) in [5, 5.41) is 0. The summed E-state index contributed by atoms with van der Waals surface area (Å²) >= 11 is 0. The fourth-order valence-electron chi connectivity index (χ4n) is 4.26. The van der Waals surface area contributed by atoms with E-state index in [-0.39, 0.29) is 17.4 Å². The highest BCUT2D eigenvalue weighted by molar-refractivity contribution is 5.80. The van der Waals surface area contributed by atoms with E-state index in [9.17, 15) is 35.5 Å². The van der Waals surface area contributed by atoms with Crippen molar-refractivity contribution in [1.82, 2.24) is 0 Å². The average molecular weight is 462 g/mol. The number of carbonyl (C=O) groups excluding carboxylic acids is 1. The number of Topliss-reactive ketones (excluding diaryl/α,β-unsaturated/α-hetero) is 1. The zero-order valence-electron chi connectivity index (χ0n) is 17.2. The molecule has 4 atom stereocenters. The van der Waals surface area contributed by atoms with Gasteiger partial charge in [0.15, 0.2) is 0 Å².